The van der Waals surface area contributed by atoms with Crippen LogP contribution in [0.15, 0.2) is 59.5 Å². The summed E-state index contributed by atoms with van der Waals surface area (Å²) in [6.07, 6.45) is 7.10. The second-order valence-corrected chi connectivity index (χ2v) is 9.82. The maximum atomic E-state index is 13.2. The normalized spacial score (nSPS) is 16.1. The molecule has 0 amide bonds. The Hall–Kier alpha value is -3.19. The highest BCUT2D eigenvalue weighted by atomic mass is 32.2. The standard InChI is InChI=1S/C25H21NO5S/c1-16-21(17-4-3-5-20(12-17)32(2,28)29)8-7-19(26-16)14-24(27)25(10-11-25)18-6-9-22-23(13-18)31-15-30-22/h2-9,12-13H,10-11,14-15H2,1H3. The topological polar surface area (TPSA) is 82.6 Å². The molecule has 1 aromatic heterocycles. The zero-order valence-corrected chi connectivity index (χ0v) is 18.3. The molecule has 0 unspecified atom stereocenters. The molecule has 0 bridgehead atoms. The van der Waals surface area contributed by atoms with Crippen molar-refractivity contribution in [1.29, 1.82) is 0 Å². The molecule has 2 radical (unpaired) electrons. The second kappa shape index (κ2) is 7.45. The Kier molecular flexibility index (Phi) is 4.82. The van der Waals surface area contributed by atoms with E-state index in [0.717, 1.165) is 29.7 Å². The minimum atomic E-state index is -3.79. The van der Waals surface area contributed by atoms with Crippen LogP contribution in [0.1, 0.15) is 29.8 Å². The van der Waals surface area contributed by atoms with Gasteiger partial charge in [-0.2, -0.15) is 0 Å². The zero-order valence-electron chi connectivity index (χ0n) is 17.5. The SMILES string of the molecule is [CH]S(=O)(=O)c1cccc(-c2ccc(CC(=O)C3(c4ccc5c(c4)OCO5)CC3)nc2C)c1. The van der Waals surface area contributed by atoms with E-state index in [4.69, 9.17) is 15.7 Å². The molecule has 0 atom stereocenters. The molecule has 0 N–H and O–H groups in total. The predicted molar refractivity (Wildman–Crippen MR) is 118 cm³/mol. The van der Waals surface area contributed by atoms with E-state index in [0.29, 0.717) is 22.8 Å². The Labute approximate surface area is 187 Å². The number of hydrogen-bond donors (Lipinski definition) is 0. The number of pyridine rings is 1. The molecule has 2 heterocycles. The lowest BCUT2D eigenvalue weighted by Gasteiger charge is -2.15. The number of nitrogens with zero attached hydrogens (tertiary/aromatic N) is 1. The molecule has 2 aliphatic rings. The van der Waals surface area contributed by atoms with Gasteiger partial charge in [-0.3, -0.25) is 9.78 Å². The summed E-state index contributed by atoms with van der Waals surface area (Å²) < 4.78 is 34.2. The summed E-state index contributed by atoms with van der Waals surface area (Å²) in [5.74, 6) is 1.52. The van der Waals surface area contributed by atoms with Crippen LogP contribution in [0.4, 0.5) is 0 Å². The molecule has 2 aromatic carbocycles. The van der Waals surface area contributed by atoms with E-state index < -0.39 is 15.3 Å². The summed E-state index contributed by atoms with van der Waals surface area (Å²) >= 11 is 0. The van der Waals surface area contributed by atoms with Gasteiger partial charge >= 0.3 is 0 Å². The highest BCUT2D eigenvalue weighted by Crippen LogP contribution is 2.51. The van der Waals surface area contributed by atoms with Crippen LogP contribution >= 0.6 is 0 Å². The quantitative estimate of drug-likeness (QED) is 0.567. The van der Waals surface area contributed by atoms with Crippen molar-refractivity contribution in [1.82, 2.24) is 4.98 Å². The Morgan fingerprint density at radius 1 is 1.06 bits per heavy atom. The summed E-state index contributed by atoms with van der Waals surface area (Å²) in [5, 5.41) is 0. The summed E-state index contributed by atoms with van der Waals surface area (Å²) in [7, 11) is -3.79. The molecule has 1 aliphatic carbocycles. The Balaban J connectivity index is 1.38. The lowest BCUT2D eigenvalue weighted by molar-refractivity contribution is -0.120. The van der Waals surface area contributed by atoms with Crippen LogP contribution in [0.3, 0.4) is 0 Å². The van der Waals surface area contributed by atoms with Crippen molar-refractivity contribution in [3.8, 4) is 22.6 Å². The fraction of sp³-hybridized carbons (Fsp3) is 0.240. The van der Waals surface area contributed by atoms with Gasteiger partial charge in [0.15, 0.2) is 21.3 Å². The van der Waals surface area contributed by atoms with E-state index in [9.17, 15) is 13.2 Å². The van der Waals surface area contributed by atoms with E-state index in [1.165, 1.54) is 12.1 Å². The van der Waals surface area contributed by atoms with Crippen LogP contribution in [0.25, 0.3) is 11.1 Å². The molecule has 5 rings (SSSR count). The van der Waals surface area contributed by atoms with Crippen LogP contribution in [-0.2, 0) is 26.5 Å². The van der Waals surface area contributed by atoms with Gasteiger partial charge in [-0.05, 0) is 61.2 Å². The third-order valence-electron chi connectivity index (χ3n) is 6.17. The number of hydrogen-bond acceptors (Lipinski definition) is 6. The number of benzene rings is 2. The average molecular weight is 448 g/mol. The van der Waals surface area contributed by atoms with Gasteiger partial charge < -0.3 is 9.47 Å². The van der Waals surface area contributed by atoms with E-state index in [2.05, 4.69) is 4.98 Å². The van der Waals surface area contributed by atoms with Crippen molar-refractivity contribution in [3.05, 3.63) is 77.8 Å². The van der Waals surface area contributed by atoms with Crippen LogP contribution < -0.4 is 9.47 Å². The summed E-state index contributed by atoms with van der Waals surface area (Å²) in [6.45, 7) is 2.05. The minimum Gasteiger partial charge on any atom is -0.454 e. The molecule has 1 fully saturated rings. The molecule has 32 heavy (non-hydrogen) atoms. The largest absolute Gasteiger partial charge is 0.454 e. The number of aromatic nitrogens is 1. The highest BCUT2D eigenvalue weighted by molar-refractivity contribution is 7.92. The molecular weight excluding hydrogens is 426 g/mol. The molecule has 6 nitrogen and oxygen atoms in total. The van der Waals surface area contributed by atoms with Crippen molar-refractivity contribution < 1.29 is 22.7 Å². The van der Waals surface area contributed by atoms with Gasteiger partial charge in [0.1, 0.15) is 12.0 Å². The van der Waals surface area contributed by atoms with E-state index in [1.807, 2.05) is 43.3 Å². The van der Waals surface area contributed by atoms with Crippen LogP contribution in [0, 0.1) is 13.2 Å². The van der Waals surface area contributed by atoms with E-state index >= 15 is 0 Å². The first-order valence-electron chi connectivity index (χ1n) is 10.3. The number of carbonyl (C=O) groups is 1. The molecule has 7 heteroatoms. The fourth-order valence-electron chi connectivity index (χ4n) is 4.24. The van der Waals surface area contributed by atoms with Gasteiger partial charge in [-0.15, -0.1) is 0 Å². The summed E-state index contributed by atoms with van der Waals surface area (Å²) in [4.78, 5) is 17.9. The van der Waals surface area contributed by atoms with Gasteiger partial charge in [0.05, 0.1) is 10.3 Å². The van der Waals surface area contributed by atoms with Crippen molar-refractivity contribution in [2.45, 2.75) is 36.5 Å². The predicted octanol–water partition coefficient (Wildman–Crippen LogP) is 4.07. The number of ketones is 1. The number of rotatable bonds is 6. The Bertz CT molecular complexity index is 1340. The number of sulfone groups is 1. The number of Topliss-reactive ketones (excluding diaryl/α,β-unsaturated/α-hetero) is 1. The average Bonchev–Trinajstić information content (AvgIpc) is 3.44. The van der Waals surface area contributed by atoms with Crippen molar-refractivity contribution in [3.63, 3.8) is 0 Å². The molecule has 0 spiro atoms. The molecular formula is C25H21NO5S. The summed E-state index contributed by atoms with van der Waals surface area (Å²) in [5.41, 5.74) is 3.38. The van der Waals surface area contributed by atoms with Gasteiger partial charge in [0, 0.05) is 23.4 Å². The Morgan fingerprint density at radius 2 is 1.84 bits per heavy atom. The van der Waals surface area contributed by atoms with Gasteiger partial charge in [0.25, 0.3) is 0 Å². The fourth-order valence-corrected chi connectivity index (χ4v) is 4.80. The van der Waals surface area contributed by atoms with Crippen molar-refractivity contribution in [2.75, 3.05) is 6.79 Å². The smallest absolute Gasteiger partial charge is 0.231 e. The van der Waals surface area contributed by atoms with E-state index in [-0.39, 0.29) is 23.9 Å². The van der Waals surface area contributed by atoms with E-state index in [1.54, 1.807) is 6.07 Å². The Morgan fingerprint density at radius 3 is 2.56 bits per heavy atom. The van der Waals surface area contributed by atoms with Gasteiger partial charge in [-0.1, -0.05) is 24.3 Å². The first kappa shape index (κ1) is 20.7. The first-order chi connectivity index (χ1) is 15.3. The number of aryl methyl sites for hydroxylation is 1. The number of fused-ring (bicyclic) bond motifs is 1. The molecule has 1 aliphatic heterocycles. The van der Waals surface area contributed by atoms with Crippen LogP contribution in [-0.4, -0.2) is 26.0 Å². The maximum Gasteiger partial charge on any atom is 0.231 e. The van der Waals surface area contributed by atoms with Crippen molar-refractivity contribution in [2.24, 2.45) is 0 Å². The van der Waals surface area contributed by atoms with Gasteiger partial charge in [-0.25, -0.2) is 8.42 Å². The summed E-state index contributed by atoms with van der Waals surface area (Å²) in [6, 6.07) is 15.8. The zero-order chi connectivity index (χ0) is 22.5. The highest BCUT2D eigenvalue weighted by Gasteiger charge is 2.51. The molecule has 1 saturated carbocycles. The minimum absolute atomic E-state index is 0.0491. The molecule has 0 saturated heterocycles. The lowest BCUT2D eigenvalue weighted by atomic mass is 9.88. The molecule has 3 aromatic rings. The number of carbonyl (C=O) groups excluding carboxylic acids is 1. The second-order valence-electron chi connectivity index (χ2n) is 8.26. The lowest BCUT2D eigenvalue weighted by Crippen LogP contribution is -2.23. The monoisotopic (exact) mass is 447 g/mol. The molecule has 162 valence electrons. The maximum absolute atomic E-state index is 13.2. The first-order valence-corrected chi connectivity index (χ1v) is 11.8. The van der Waals surface area contributed by atoms with Crippen molar-refractivity contribution >= 4 is 15.6 Å². The third-order valence-corrected chi connectivity index (χ3v) is 7.08. The van der Waals surface area contributed by atoms with Crippen LogP contribution in [0.2, 0.25) is 0 Å². The van der Waals surface area contributed by atoms with Crippen LogP contribution in [0.5, 0.6) is 11.5 Å². The third kappa shape index (κ3) is 3.66. The van der Waals surface area contributed by atoms with Gasteiger partial charge in [0.2, 0.25) is 6.79 Å². The number of ether oxygens (including phenoxy) is 2.